The SMILES string of the molecule is CCOC1(C(C)O)N(C(=O)O)CC(C(F)(F)F)(C(F)(F)F)C1(c1ccccc1)c1ccc(F)cc1. The Labute approximate surface area is 195 Å². The van der Waals surface area contributed by atoms with Crippen LogP contribution in [0.5, 0.6) is 0 Å². The first kappa shape index (κ1) is 26.7. The quantitative estimate of drug-likeness (QED) is 0.535. The molecule has 0 aliphatic carbocycles. The van der Waals surface area contributed by atoms with Crippen LogP contribution in [0.3, 0.4) is 0 Å². The zero-order valence-corrected chi connectivity index (χ0v) is 18.5. The van der Waals surface area contributed by atoms with Crippen molar-refractivity contribution >= 4 is 6.09 Å². The molecule has 2 aromatic rings. The third kappa shape index (κ3) is 3.40. The minimum Gasteiger partial charge on any atom is -0.465 e. The summed E-state index contributed by atoms with van der Waals surface area (Å²) < 4.78 is 109. The summed E-state index contributed by atoms with van der Waals surface area (Å²) in [6, 6.07) is 8.42. The number of hydrogen-bond acceptors (Lipinski definition) is 3. The molecule has 35 heavy (non-hydrogen) atoms. The zero-order chi connectivity index (χ0) is 26.4. The number of carbonyl (C=O) groups is 1. The lowest BCUT2D eigenvalue weighted by atomic mass is 9.52. The Bertz CT molecular complexity index is 1040. The van der Waals surface area contributed by atoms with Gasteiger partial charge in [0.25, 0.3) is 0 Å². The van der Waals surface area contributed by atoms with Crippen molar-refractivity contribution < 1.29 is 50.5 Å². The molecule has 12 heteroatoms. The van der Waals surface area contributed by atoms with E-state index in [2.05, 4.69) is 0 Å². The summed E-state index contributed by atoms with van der Waals surface area (Å²) >= 11 is 0. The molecule has 0 radical (unpaired) electrons. The Kier molecular flexibility index (Phi) is 6.62. The standard InChI is InChI=1S/C23H22F7NO4/c1-3-35-21(14(2)32)20(15-7-5-4-6-8-15,16-9-11-17(24)12-10-16)19(22(25,26)27,23(28,29)30)13-31(21)18(33)34/h4-12,14,32H,3,13H2,1-2H3,(H,33,34). The highest BCUT2D eigenvalue weighted by atomic mass is 19.4. The molecule has 3 atom stereocenters. The fourth-order valence-electron chi connectivity index (χ4n) is 5.48. The second-order valence-corrected chi connectivity index (χ2v) is 8.20. The predicted molar refractivity (Wildman–Crippen MR) is 109 cm³/mol. The van der Waals surface area contributed by atoms with Crippen molar-refractivity contribution in [1.29, 1.82) is 0 Å². The Hall–Kier alpha value is -2.86. The van der Waals surface area contributed by atoms with E-state index in [1.165, 1.54) is 25.1 Å². The molecule has 0 bridgehead atoms. The monoisotopic (exact) mass is 509 g/mol. The van der Waals surface area contributed by atoms with E-state index in [-0.39, 0.29) is 4.90 Å². The van der Waals surface area contributed by atoms with Gasteiger partial charge in [0.15, 0.2) is 11.1 Å². The molecule has 1 heterocycles. The van der Waals surface area contributed by atoms with Crippen molar-refractivity contribution in [1.82, 2.24) is 4.90 Å². The van der Waals surface area contributed by atoms with Crippen molar-refractivity contribution in [3.05, 3.63) is 71.5 Å². The number of rotatable bonds is 5. The van der Waals surface area contributed by atoms with Crippen LogP contribution in [0, 0.1) is 11.2 Å². The largest absolute Gasteiger partial charge is 0.465 e. The third-order valence-electron chi connectivity index (χ3n) is 6.59. The first-order chi connectivity index (χ1) is 16.1. The number of aliphatic hydroxyl groups excluding tert-OH is 1. The van der Waals surface area contributed by atoms with E-state index in [0.717, 1.165) is 31.2 Å². The molecule has 1 aliphatic rings. The molecule has 0 saturated carbocycles. The molecule has 2 aromatic carbocycles. The number of benzene rings is 2. The van der Waals surface area contributed by atoms with Gasteiger partial charge in [-0.3, -0.25) is 4.90 Å². The van der Waals surface area contributed by atoms with Gasteiger partial charge in [0.1, 0.15) is 11.9 Å². The van der Waals surface area contributed by atoms with E-state index < -0.39 is 71.2 Å². The summed E-state index contributed by atoms with van der Waals surface area (Å²) in [6.07, 6.45) is -16.6. The molecule has 5 nitrogen and oxygen atoms in total. The van der Waals surface area contributed by atoms with Gasteiger partial charge in [0.05, 0.1) is 12.0 Å². The molecule has 2 N–H and O–H groups in total. The summed E-state index contributed by atoms with van der Waals surface area (Å²) in [7, 11) is 0. The zero-order valence-electron chi connectivity index (χ0n) is 18.5. The number of nitrogens with zero attached hydrogens (tertiary/aromatic N) is 1. The van der Waals surface area contributed by atoms with Crippen molar-refractivity contribution in [2.45, 2.75) is 43.4 Å². The topological polar surface area (TPSA) is 70.0 Å². The number of amides is 1. The number of hydrogen-bond donors (Lipinski definition) is 2. The molecule has 1 fully saturated rings. The number of alkyl halides is 6. The third-order valence-corrected chi connectivity index (χ3v) is 6.59. The van der Waals surface area contributed by atoms with Crippen molar-refractivity contribution in [3.8, 4) is 0 Å². The van der Waals surface area contributed by atoms with Gasteiger partial charge < -0.3 is 14.9 Å². The summed E-state index contributed by atoms with van der Waals surface area (Å²) in [5, 5.41) is 20.8. The Morgan fingerprint density at radius 2 is 1.49 bits per heavy atom. The number of aliphatic hydroxyl groups is 1. The molecule has 3 unspecified atom stereocenters. The van der Waals surface area contributed by atoms with Crippen LogP contribution in [0.4, 0.5) is 35.5 Å². The number of likely N-dealkylation sites (tertiary alicyclic amines) is 1. The maximum atomic E-state index is 15.0. The van der Waals surface area contributed by atoms with E-state index in [1.54, 1.807) is 0 Å². The van der Waals surface area contributed by atoms with E-state index in [1.807, 2.05) is 0 Å². The van der Waals surface area contributed by atoms with E-state index >= 15 is 0 Å². The van der Waals surface area contributed by atoms with Crippen LogP contribution in [0.25, 0.3) is 0 Å². The Morgan fingerprint density at radius 3 is 1.89 bits per heavy atom. The first-order valence-corrected chi connectivity index (χ1v) is 10.4. The fourth-order valence-corrected chi connectivity index (χ4v) is 5.48. The normalized spacial score (nSPS) is 25.5. The van der Waals surface area contributed by atoms with Gasteiger partial charge >= 0.3 is 18.4 Å². The molecule has 1 saturated heterocycles. The van der Waals surface area contributed by atoms with Crippen LogP contribution in [0.1, 0.15) is 25.0 Å². The van der Waals surface area contributed by atoms with E-state index in [0.29, 0.717) is 12.1 Å². The maximum Gasteiger partial charge on any atom is 0.409 e. The van der Waals surface area contributed by atoms with Gasteiger partial charge in [-0.15, -0.1) is 0 Å². The second kappa shape index (κ2) is 8.66. The lowest BCUT2D eigenvalue weighted by Crippen LogP contribution is -2.72. The maximum absolute atomic E-state index is 15.0. The highest BCUT2D eigenvalue weighted by Crippen LogP contribution is 2.72. The van der Waals surface area contributed by atoms with Crippen LogP contribution in [-0.4, -0.2) is 58.5 Å². The lowest BCUT2D eigenvalue weighted by Gasteiger charge is -2.55. The van der Waals surface area contributed by atoms with Gasteiger partial charge in [-0.05, 0) is 37.1 Å². The van der Waals surface area contributed by atoms with Gasteiger partial charge in [0.2, 0.25) is 0 Å². The van der Waals surface area contributed by atoms with Gasteiger partial charge in [-0.25, -0.2) is 9.18 Å². The van der Waals surface area contributed by atoms with Crippen LogP contribution in [-0.2, 0) is 10.2 Å². The minimum atomic E-state index is -6.11. The first-order valence-electron chi connectivity index (χ1n) is 10.4. The molecule has 1 aliphatic heterocycles. The summed E-state index contributed by atoms with van der Waals surface area (Å²) in [4.78, 5) is 12.1. The highest BCUT2D eigenvalue weighted by molar-refractivity contribution is 5.70. The van der Waals surface area contributed by atoms with Crippen LogP contribution in [0.2, 0.25) is 0 Å². The average Bonchev–Trinajstić information content (AvgIpc) is 3.05. The van der Waals surface area contributed by atoms with E-state index in [4.69, 9.17) is 4.74 Å². The molecule has 192 valence electrons. The molecular weight excluding hydrogens is 487 g/mol. The van der Waals surface area contributed by atoms with E-state index in [9.17, 15) is 45.7 Å². The van der Waals surface area contributed by atoms with Crippen LogP contribution in [0.15, 0.2) is 54.6 Å². The second-order valence-electron chi connectivity index (χ2n) is 8.20. The average molecular weight is 509 g/mol. The summed E-state index contributed by atoms with van der Waals surface area (Å²) in [5.41, 5.74) is -12.8. The fraction of sp³-hybridized carbons (Fsp3) is 0.435. The predicted octanol–water partition coefficient (Wildman–Crippen LogP) is 5.33. The molecule has 0 aromatic heterocycles. The Balaban J connectivity index is 2.76. The van der Waals surface area contributed by atoms with Gasteiger partial charge in [-0.1, -0.05) is 42.5 Å². The minimum absolute atomic E-state index is 0.140. The van der Waals surface area contributed by atoms with Crippen molar-refractivity contribution in [2.24, 2.45) is 5.41 Å². The van der Waals surface area contributed by atoms with Crippen LogP contribution < -0.4 is 0 Å². The van der Waals surface area contributed by atoms with Gasteiger partial charge in [0, 0.05) is 6.61 Å². The van der Waals surface area contributed by atoms with Crippen molar-refractivity contribution in [3.63, 3.8) is 0 Å². The number of carboxylic acid groups (broad SMARTS) is 1. The molecule has 0 spiro atoms. The van der Waals surface area contributed by atoms with Crippen molar-refractivity contribution in [2.75, 3.05) is 13.2 Å². The highest BCUT2D eigenvalue weighted by Gasteiger charge is 2.91. The van der Waals surface area contributed by atoms with Gasteiger partial charge in [-0.2, -0.15) is 26.3 Å². The number of halogens is 7. The molecule has 1 amide bonds. The molecular formula is C23H22F7NO4. The smallest absolute Gasteiger partial charge is 0.409 e. The summed E-state index contributed by atoms with van der Waals surface area (Å²) in [6.45, 7) is -0.593. The Morgan fingerprint density at radius 1 is 1.00 bits per heavy atom. The number of ether oxygens (including phenoxy) is 1. The summed E-state index contributed by atoms with van der Waals surface area (Å²) in [5.74, 6) is -0.950. The molecule has 3 rings (SSSR count). The lowest BCUT2D eigenvalue weighted by molar-refractivity contribution is -0.359. The van der Waals surface area contributed by atoms with Crippen LogP contribution >= 0.6 is 0 Å².